The summed E-state index contributed by atoms with van der Waals surface area (Å²) in [6.45, 7) is 2.65. The van der Waals surface area contributed by atoms with Gasteiger partial charge in [-0.05, 0) is 30.7 Å². The molecule has 0 fully saturated rings. The van der Waals surface area contributed by atoms with Crippen molar-refractivity contribution in [3.8, 4) is 0 Å². The molecule has 0 spiro atoms. The molecule has 86 valence electrons. The fourth-order valence-electron chi connectivity index (χ4n) is 1.11. The van der Waals surface area contributed by atoms with Crippen molar-refractivity contribution in [1.82, 2.24) is 5.32 Å². The Labute approximate surface area is 100 Å². The molecule has 0 bridgehead atoms. The SMILES string of the molecule is CCNC(=O)OC/C=C/c1cccc(Cl)c1. The molecule has 0 radical (unpaired) electrons. The predicted molar refractivity (Wildman–Crippen MR) is 65.5 cm³/mol. The van der Waals surface area contributed by atoms with Gasteiger partial charge in [-0.1, -0.05) is 29.8 Å². The highest BCUT2D eigenvalue weighted by atomic mass is 35.5. The molecular weight excluding hydrogens is 226 g/mol. The summed E-state index contributed by atoms with van der Waals surface area (Å²) in [5, 5.41) is 3.22. The fourth-order valence-corrected chi connectivity index (χ4v) is 1.31. The van der Waals surface area contributed by atoms with Gasteiger partial charge in [-0.15, -0.1) is 0 Å². The van der Waals surface area contributed by atoms with E-state index in [4.69, 9.17) is 16.3 Å². The predicted octanol–water partition coefficient (Wildman–Crippen LogP) is 3.10. The first-order chi connectivity index (χ1) is 7.72. The molecule has 0 unspecified atom stereocenters. The molecule has 0 aliphatic rings. The van der Waals surface area contributed by atoms with Crippen LogP contribution in [0.2, 0.25) is 5.02 Å². The van der Waals surface area contributed by atoms with E-state index in [1.165, 1.54) is 0 Å². The lowest BCUT2D eigenvalue weighted by Crippen LogP contribution is -2.23. The summed E-state index contributed by atoms with van der Waals surface area (Å²) in [5.74, 6) is 0. The second kappa shape index (κ2) is 6.90. The molecule has 1 rings (SSSR count). The van der Waals surface area contributed by atoms with Gasteiger partial charge in [0.2, 0.25) is 0 Å². The average molecular weight is 240 g/mol. The van der Waals surface area contributed by atoms with Gasteiger partial charge < -0.3 is 10.1 Å². The third-order valence-corrected chi connectivity index (χ3v) is 2.03. The molecule has 16 heavy (non-hydrogen) atoms. The smallest absolute Gasteiger partial charge is 0.407 e. The minimum absolute atomic E-state index is 0.248. The molecule has 0 atom stereocenters. The van der Waals surface area contributed by atoms with Crippen molar-refractivity contribution in [2.45, 2.75) is 6.92 Å². The minimum Gasteiger partial charge on any atom is -0.445 e. The van der Waals surface area contributed by atoms with Crippen LogP contribution in [0, 0.1) is 0 Å². The van der Waals surface area contributed by atoms with Crippen LogP contribution in [-0.4, -0.2) is 19.2 Å². The molecule has 1 amide bonds. The Bertz CT molecular complexity index is 377. The van der Waals surface area contributed by atoms with E-state index >= 15 is 0 Å². The first-order valence-electron chi connectivity index (χ1n) is 5.05. The van der Waals surface area contributed by atoms with Crippen LogP contribution in [0.1, 0.15) is 12.5 Å². The fraction of sp³-hybridized carbons (Fsp3) is 0.250. The van der Waals surface area contributed by atoms with Crippen molar-refractivity contribution in [3.05, 3.63) is 40.9 Å². The first kappa shape index (κ1) is 12.6. The van der Waals surface area contributed by atoms with Crippen molar-refractivity contribution >= 4 is 23.8 Å². The van der Waals surface area contributed by atoms with Gasteiger partial charge in [0.25, 0.3) is 0 Å². The molecule has 3 nitrogen and oxygen atoms in total. The Hall–Kier alpha value is -1.48. The van der Waals surface area contributed by atoms with Crippen molar-refractivity contribution in [1.29, 1.82) is 0 Å². The highest BCUT2D eigenvalue weighted by Crippen LogP contribution is 2.11. The van der Waals surface area contributed by atoms with E-state index in [9.17, 15) is 4.79 Å². The highest BCUT2D eigenvalue weighted by molar-refractivity contribution is 6.30. The summed E-state index contributed by atoms with van der Waals surface area (Å²) in [6.07, 6.45) is 3.21. The zero-order chi connectivity index (χ0) is 11.8. The molecule has 0 saturated heterocycles. The van der Waals surface area contributed by atoms with Crippen LogP contribution in [-0.2, 0) is 4.74 Å². The summed E-state index contributed by atoms with van der Waals surface area (Å²) in [7, 11) is 0. The standard InChI is InChI=1S/C12H14ClNO2/c1-2-14-12(15)16-8-4-6-10-5-3-7-11(13)9-10/h3-7,9H,2,8H2,1H3,(H,14,15)/b6-4+. The quantitative estimate of drug-likeness (QED) is 0.877. The maximum Gasteiger partial charge on any atom is 0.407 e. The van der Waals surface area contributed by atoms with Gasteiger partial charge in [0.05, 0.1) is 0 Å². The molecule has 1 aromatic carbocycles. The Morgan fingerprint density at radius 3 is 3.06 bits per heavy atom. The van der Waals surface area contributed by atoms with Gasteiger partial charge in [0, 0.05) is 11.6 Å². The van der Waals surface area contributed by atoms with E-state index in [0.717, 1.165) is 5.56 Å². The van der Waals surface area contributed by atoms with Gasteiger partial charge >= 0.3 is 6.09 Å². The number of ether oxygens (including phenoxy) is 1. The number of hydrogen-bond acceptors (Lipinski definition) is 2. The Kier molecular flexibility index (Phi) is 5.43. The van der Waals surface area contributed by atoms with Gasteiger partial charge in [-0.3, -0.25) is 0 Å². The largest absolute Gasteiger partial charge is 0.445 e. The monoisotopic (exact) mass is 239 g/mol. The maximum atomic E-state index is 10.9. The third kappa shape index (κ3) is 4.84. The summed E-state index contributed by atoms with van der Waals surface area (Å²) in [5.41, 5.74) is 0.979. The van der Waals surface area contributed by atoms with Crippen LogP contribution < -0.4 is 5.32 Å². The molecule has 1 N–H and O–H groups in total. The second-order valence-corrected chi connectivity index (χ2v) is 3.52. The molecule has 1 aromatic rings. The van der Waals surface area contributed by atoms with Crippen LogP contribution in [0.3, 0.4) is 0 Å². The summed E-state index contributed by atoms with van der Waals surface area (Å²) < 4.78 is 4.86. The number of amides is 1. The number of benzene rings is 1. The average Bonchev–Trinajstić information content (AvgIpc) is 2.25. The van der Waals surface area contributed by atoms with Gasteiger partial charge in [0.1, 0.15) is 6.61 Å². The van der Waals surface area contributed by atoms with E-state index in [2.05, 4.69) is 5.32 Å². The minimum atomic E-state index is -0.404. The van der Waals surface area contributed by atoms with Gasteiger partial charge in [-0.25, -0.2) is 4.79 Å². The van der Waals surface area contributed by atoms with E-state index in [1.54, 1.807) is 6.08 Å². The zero-order valence-electron chi connectivity index (χ0n) is 9.07. The van der Waals surface area contributed by atoms with Crippen LogP contribution in [0.5, 0.6) is 0 Å². The lowest BCUT2D eigenvalue weighted by atomic mass is 10.2. The molecule has 0 heterocycles. The van der Waals surface area contributed by atoms with E-state index in [1.807, 2.05) is 37.3 Å². The van der Waals surface area contributed by atoms with Crippen LogP contribution in [0.15, 0.2) is 30.3 Å². The zero-order valence-corrected chi connectivity index (χ0v) is 9.83. The lowest BCUT2D eigenvalue weighted by molar-refractivity contribution is 0.159. The number of carbonyl (C=O) groups is 1. The maximum absolute atomic E-state index is 10.9. The number of carbonyl (C=O) groups excluding carboxylic acids is 1. The van der Waals surface area contributed by atoms with Crippen LogP contribution in [0.25, 0.3) is 6.08 Å². The number of rotatable bonds is 4. The summed E-state index contributed by atoms with van der Waals surface area (Å²) >= 11 is 5.82. The van der Waals surface area contributed by atoms with Crippen LogP contribution in [0.4, 0.5) is 4.79 Å². The summed E-state index contributed by atoms with van der Waals surface area (Å²) in [4.78, 5) is 10.9. The highest BCUT2D eigenvalue weighted by Gasteiger charge is 1.95. The summed E-state index contributed by atoms with van der Waals surface area (Å²) in [6, 6.07) is 7.44. The van der Waals surface area contributed by atoms with Crippen molar-refractivity contribution in [2.24, 2.45) is 0 Å². The first-order valence-corrected chi connectivity index (χ1v) is 5.43. The Morgan fingerprint density at radius 1 is 1.56 bits per heavy atom. The van der Waals surface area contributed by atoms with E-state index in [0.29, 0.717) is 11.6 Å². The van der Waals surface area contributed by atoms with E-state index in [-0.39, 0.29) is 6.61 Å². The normalized spacial score (nSPS) is 10.4. The molecule has 0 aliphatic heterocycles. The number of halogens is 1. The second-order valence-electron chi connectivity index (χ2n) is 3.09. The third-order valence-electron chi connectivity index (χ3n) is 1.79. The molecule has 0 aromatic heterocycles. The Morgan fingerprint density at radius 2 is 2.38 bits per heavy atom. The molecule has 0 saturated carbocycles. The number of hydrogen-bond donors (Lipinski definition) is 1. The molecule has 0 aliphatic carbocycles. The van der Waals surface area contributed by atoms with Gasteiger partial charge in [0.15, 0.2) is 0 Å². The van der Waals surface area contributed by atoms with Gasteiger partial charge in [-0.2, -0.15) is 0 Å². The number of nitrogens with one attached hydrogen (secondary N) is 1. The molecule has 4 heteroatoms. The van der Waals surface area contributed by atoms with Crippen LogP contribution >= 0.6 is 11.6 Å². The lowest BCUT2D eigenvalue weighted by Gasteiger charge is -2.01. The topological polar surface area (TPSA) is 38.3 Å². The Balaban J connectivity index is 2.35. The van der Waals surface area contributed by atoms with Crippen molar-refractivity contribution in [2.75, 3.05) is 13.2 Å². The number of alkyl carbamates (subject to hydrolysis) is 1. The molecular formula is C12H14ClNO2. The van der Waals surface area contributed by atoms with Crippen molar-refractivity contribution in [3.63, 3.8) is 0 Å². The van der Waals surface area contributed by atoms with E-state index < -0.39 is 6.09 Å². The van der Waals surface area contributed by atoms with Crippen molar-refractivity contribution < 1.29 is 9.53 Å².